The van der Waals surface area contributed by atoms with Gasteiger partial charge in [-0.15, -0.1) is 0 Å². The van der Waals surface area contributed by atoms with Crippen molar-refractivity contribution in [1.29, 1.82) is 0 Å². The highest BCUT2D eigenvalue weighted by molar-refractivity contribution is 5.97. The van der Waals surface area contributed by atoms with Crippen molar-refractivity contribution in [2.45, 2.75) is 51.5 Å². The molecule has 1 saturated carbocycles. The second kappa shape index (κ2) is 7.95. The molecule has 0 atom stereocenters. The SMILES string of the molecule is O=C(CC1CCCC1)Nc1ccc2c(c1)CCC(=O)N2Cc1ccccc1. The summed E-state index contributed by atoms with van der Waals surface area (Å²) >= 11 is 0. The minimum Gasteiger partial charge on any atom is -0.326 e. The predicted octanol–water partition coefficient (Wildman–Crippen LogP) is 4.68. The summed E-state index contributed by atoms with van der Waals surface area (Å²) in [6, 6.07) is 16.0. The summed E-state index contributed by atoms with van der Waals surface area (Å²) in [5, 5.41) is 3.05. The van der Waals surface area contributed by atoms with Crippen LogP contribution in [0.25, 0.3) is 0 Å². The smallest absolute Gasteiger partial charge is 0.227 e. The van der Waals surface area contributed by atoms with Crippen molar-refractivity contribution in [2.24, 2.45) is 5.92 Å². The molecule has 0 aromatic heterocycles. The van der Waals surface area contributed by atoms with Crippen molar-refractivity contribution in [3.05, 3.63) is 59.7 Å². The lowest BCUT2D eigenvalue weighted by atomic mass is 9.99. The van der Waals surface area contributed by atoms with Crippen molar-refractivity contribution < 1.29 is 9.59 Å². The summed E-state index contributed by atoms with van der Waals surface area (Å²) in [6.07, 6.45) is 6.72. The minimum absolute atomic E-state index is 0.106. The topological polar surface area (TPSA) is 49.4 Å². The summed E-state index contributed by atoms with van der Waals surface area (Å²) in [7, 11) is 0. The van der Waals surface area contributed by atoms with Gasteiger partial charge in [0.05, 0.1) is 6.54 Å². The van der Waals surface area contributed by atoms with E-state index in [-0.39, 0.29) is 11.8 Å². The maximum atomic E-state index is 12.5. The van der Waals surface area contributed by atoms with E-state index in [1.54, 1.807) is 0 Å². The summed E-state index contributed by atoms with van der Waals surface area (Å²) in [6.45, 7) is 0.583. The fraction of sp³-hybridized carbons (Fsp3) is 0.391. The molecular formula is C23H26N2O2. The van der Waals surface area contributed by atoms with E-state index in [9.17, 15) is 9.59 Å². The Labute approximate surface area is 160 Å². The molecular weight excluding hydrogens is 336 g/mol. The Bertz CT molecular complexity index is 826. The van der Waals surface area contributed by atoms with Crippen LogP contribution >= 0.6 is 0 Å². The van der Waals surface area contributed by atoms with E-state index in [4.69, 9.17) is 0 Å². The number of benzene rings is 2. The van der Waals surface area contributed by atoms with Gasteiger partial charge in [0.15, 0.2) is 0 Å². The molecule has 0 bridgehead atoms. The van der Waals surface area contributed by atoms with Gasteiger partial charge in [0.2, 0.25) is 11.8 Å². The van der Waals surface area contributed by atoms with Crippen molar-refractivity contribution in [1.82, 2.24) is 0 Å². The van der Waals surface area contributed by atoms with Gasteiger partial charge in [0, 0.05) is 24.2 Å². The zero-order valence-corrected chi connectivity index (χ0v) is 15.6. The van der Waals surface area contributed by atoms with Crippen LogP contribution in [-0.2, 0) is 22.6 Å². The van der Waals surface area contributed by atoms with E-state index in [0.29, 0.717) is 25.3 Å². The van der Waals surface area contributed by atoms with Gasteiger partial charge in [0.1, 0.15) is 0 Å². The molecule has 1 heterocycles. The van der Waals surface area contributed by atoms with E-state index in [1.807, 2.05) is 53.4 Å². The molecule has 2 aromatic carbocycles. The number of rotatable bonds is 5. The first-order valence-electron chi connectivity index (χ1n) is 9.96. The molecule has 4 heteroatoms. The highest BCUT2D eigenvalue weighted by Crippen LogP contribution is 2.32. The average Bonchev–Trinajstić information content (AvgIpc) is 3.18. The fourth-order valence-corrected chi connectivity index (χ4v) is 4.27. The number of nitrogens with zero attached hydrogens (tertiary/aromatic N) is 1. The maximum absolute atomic E-state index is 12.5. The number of carbonyl (C=O) groups excluding carboxylic acids is 2. The minimum atomic E-state index is 0.106. The molecule has 2 aromatic rings. The molecule has 27 heavy (non-hydrogen) atoms. The second-order valence-corrected chi connectivity index (χ2v) is 7.71. The van der Waals surface area contributed by atoms with Crippen LogP contribution in [0.1, 0.15) is 49.7 Å². The van der Waals surface area contributed by atoms with E-state index in [0.717, 1.165) is 28.9 Å². The molecule has 1 aliphatic heterocycles. The van der Waals surface area contributed by atoms with Crippen molar-refractivity contribution >= 4 is 23.2 Å². The quantitative estimate of drug-likeness (QED) is 0.839. The largest absolute Gasteiger partial charge is 0.326 e. The number of anilines is 2. The average molecular weight is 362 g/mol. The number of fused-ring (bicyclic) bond motifs is 1. The Morgan fingerprint density at radius 1 is 1.04 bits per heavy atom. The standard InChI is InChI=1S/C23H26N2O2/c26-22(14-17-6-4-5-7-17)24-20-11-12-21-19(15-20)10-13-23(27)25(21)16-18-8-2-1-3-9-18/h1-3,8-9,11-12,15,17H,4-7,10,13-14,16H2,(H,24,26). The molecule has 140 valence electrons. The molecule has 4 rings (SSSR count). The molecule has 1 aliphatic carbocycles. The molecule has 4 nitrogen and oxygen atoms in total. The van der Waals surface area contributed by atoms with Crippen LogP contribution < -0.4 is 10.2 Å². The second-order valence-electron chi connectivity index (χ2n) is 7.71. The number of amides is 2. The summed E-state index contributed by atoms with van der Waals surface area (Å²) in [5.41, 5.74) is 4.05. The molecule has 1 fully saturated rings. The molecule has 2 amide bonds. The lowest BCUT2D eigenvalue weighted by molar-refractivity contribution is -0.119. The lowest BCUT2D eigenvalue weighted by Crippen LogP contribution is -2.34. The van der Waals surface area contributed by atoms with E-state index >= 15 is 0 Å². The number of hydrogen-bond donors (Lipinski definition) is 1. The van der Waals surface area contributed by atoms with Crippen LogP contribution in [0, 0.1) is 5.92 Å². The molecule has 1 N–H and O–H groups in total. The molecule has 0 radical (unpaired) electrons. The summed E-state index contributed by atoms with van der Waals surface area (Å²) < 4.78 is 0. The Hall–Kier alpha value is -2.62. The van der Waals surface area contributed by atoms with E-state index in [1.165, 1.54) is 25.7 Å². The van der Waals surface area contributed by atoms with Crippen molar-refractivity contribution in [3.63, 3.8) is 0 Å². The molecule has 0 spiro atoms. The normalized spacial score (nSPS) is 17.0. The Balaban J connectivity index is 1.47. The molecule has 2 aliphatic rings. The van der Waals surface area contributed by atoms with Crippen LogP contribution in [0.2, 0.25) is 0 Å². The van der Waals surface area contributed by atoms with Gasteiger partial charge in [-0.1, -0.05) is 43.2 Å². The summed E-state index contributed by atoms with van der Waals surface area (Å²) in [4.78, 5) is 26.7. The third-order valence-electron chi connectivity index (χ3n) is 5.70. The Kier molecular flexibility index (Phi) is 5.23. The first-order valence-corrected chi connectivity index (χ1v) is 9.96. The fourth-order valence-electron chi connectivity index (χ4n) is 4.27. The van der Waals surface area contributed by atoms with Crippen LogP contribution in [0.5, 0.6) is 0 Å². The van der Waals surface area contributed by atoms with E-state index < -0.39 is 0 Å². The number of nitrogens with one attached hydrogen (secondary N) is 1. The van der Waals surface area contributed by atoms with Crippen LogP contribution in [-0.4, -0.2) is 11.8 Å². The third kappa shape index (κ3) is 4.21. The van der Waals surface area contributed by atoms with Crippen LogP contribution in [0.15, 0.2) is 48.5 Å². The highest BCUT2D eigenvalue weighted by atomic mass is 16.2. The van der Waals surface area contributed by atoms with Gasteiger partial charge >= 0.3 is 0 Å². The Morgan fingerprint density at radius 3 is 2.59 bits per heavy atom. The number of hydrogen-bond acceptors (Lipinski definition) is 2. The van der Waals surface area contributed by atoms with E-state index in [2.05, 4.69) is 5.32 Å². The van der Waals surface area contributed by atoms with Crippen molar-refractivity contribution in [3.8, 4) is 0 Å². The van der Waals surface area contributed by atoms with Gasteiger partial charge in [0.25, 0.3) is 0 Å². The molecule has 0 saturated heterocycles. The lowest BCUT2D eigenvalue weighted by Gasteiger charge is -2.30. The first-order chi connectivity index (χ1) is 13.2. The summed E-state index contributed by atoms with van der Waals surface area (Å²) in [5.74, 6) is 0.806. The number of carbonyl (C=O) groups is 2. The van der Waals surface area contributed by atoms with Crippen LogP contribution in [0.3, 0.4) is 0 Å². The first kappa shape index (κ1) is 17.8. The zero-order chi connectivity index (χ0) is 18.6. The van der Waals surface area contributed by atoms with Crippen molar-refractivity contribution in [2.75, 3.05) is 10.2 Å². The monoisotopic (exact) mass is 362 g/mol. The van der Waals surface area contributed by atoms with Gasteiger partial charge in [-0.3, -0.25) is 9.59 Å². The van der Waals surface area contributed by atoms with Gasteiger partial charge in [-0.05, 0) is 54.5 Å². The predicted molar refractivity (Wildman–Crippen MR) is 108 cm³/mol. The number of aryl methyl sites for hydroxylation is 1. The highest BCUT2D eigenvalue weighted by Gasteiger charge is 2.25. The Morgan fingerprint density at radius 2 is 1.81 bits per heavy atom. The zero-order valence-electron chi connectivity index (χ0n) is 15.6. The third-order valence-corrected chi connectivity index (χ3v) is 5.70. The van der Waals surface area contributed by atoms with Gasteiger partial charge in [-0.25, -0.2) is 0 Å². The van der Waals surface area contributed by atoms with Gasteiger partial charge in [-0.2, -0.15) is 0 Å². The maximum Gasteiger partial charge on any atom is 0.227 e. The van der Waals surface area contributed by atoms with Crippen LogP contribution in [0.4, 0.5) is 11.4 Å². The molecule has 0 unspecified atom stereocenters. The van der Waals surface area contributed by atoms with Gasteiger partial charge < -0.3 is 10.2 Å².